The molecule has 0 aromatic carbocycles. The molecule has 3 unspecified atom stereocenters. The van der Waals surface area contributed by atoms with Crippen LogP contribution >= 0.6 is 0 Å². The Bertz CT molecular complexity index is 374. The van der Waals surface area contributed by atoms with E-state index in [1.807, 2.05) is 7.05 Å². The van der Waals surface area contributed by atoms with Gasteiger partial charge in [-0.1, -0.05) is 0 Å². The maximum absolute atomic E-state index is 11.7. The summed E-state index contributed by atoms with van der Waals surface area (Å²) in [5, 5.41) is 0. The molecule has 0 aromatic heterocycles. The number of ether oxygens (including phenoxy) is 2. The number of cyclic esters (lactones) is 1. The normalized spacial score (nSPS) is 38.5. The van der Waals surface area contributed by atoms with Crippen LogP contribution in [0.2, 0.25) is 0 Å². The zero-order valence-corrected chi connectivity index (χ0v) is 12.1. The van der Waals surface area contributed by atoms with Crippen LogP contribution in [0.25, 0.3) is 0 Å². The average Bonchev–Trinajstić information content (AvgIpc) is 2.88. The van der Waals surface area contributed by atoms with Gasteiger partial charge in [0.05, 0.1) is 24.8 Å². The summed E-state index contributed by atoms with van der Waals surface area (Å²) in [7, 11) is 1.86. The second-order valence-corrected chi connectivity index (χ2v) is 6.41. The van der Waals surface area contributed by atoms with Crippen molar-refractivity contribution in [3.8, 4) is 0 Å². The zero-order chi connectivity index (χ0) is 13.6. The average molecular weight is 268 g/mol. The van der Waals surface area contributed by atoms with Crippen molar-refractivity contribution in [3.05, 3.63) is 0 Å². The Hall–Kier alpha value is -0.810. The minimum atomic E-state index is -0.178. The van der Waals surface area contributed by atoms with Crippen LogP contribution in [-0.4, -0.2) is 66.4 Å². The highest BCUT2D eigenvalue weighted by atomic mass is 16.6. The van der Waals surface area contributed by atoms with Crippen molar-refractivity contribution in [2.75, 3.05) is 26.8 Å². The molecule has 3 heterocycles. The van der Waals surface area contributed by atoms with Gasteiger partial charge >= 0.3 is 6.09 Å². The Morgan fingerprint density at radius 3 is 3.00 bits per heavy atom. The summed E-state index contributed by atoms with van der Waals surface area (Å²) in [5.41, 5.74) is 0.127. The summed E-state index contributed by atoms with van der Waals surface area (Å²) >= 11 is 0. The number of rotatable bonds is 3. The van der Waals surface area contributed by atoms with Gasteiger partial charge < -0.3 is 14.4 Å². The fraction of sp³-hybridized carbons (Fsp3) is 0.929. The van der Waals surface area contributed by atoms with Crippen molar-refractivity contribution in [2.24, 2.45) is 0 Å². The molecule has 3 rings (SSSR count). The Balaban J connectivity index is 1.79. The molecule has 3 saturated heterocycles. The fourth-order valence-corrected chi connectivity index (χ4v) is 3.95. The third kappa shape index (κ3) is 2.03. The number of likely N-dealkylation sites (N-methyl/N-ethyl adjacent to an activating group) is 1. The van der Waals surface area contributed by atoms with Crippen molar-refractivity contribution in [1.29, 1.82) is 0 Å². The van der Waals surface area contributed by atoms with Gasteiger partial charge in [0.1, 0.15) is 6.61 Å². The van der Waals surface area contributed by atoms with Gasteiger partial charge in [-0.25, -0.2) is 4.79 Å². The molecule has 1 amide bonds. The minimum absolute atomic E-state index is 0.127. The first kappa shape index (κ1) is 13.2. The van der Waals surface area contributed by atoms with Crippen LogP contribution in [0.4, 0.5) is 4.79 Å². The molecular weight excluding hydrogens is 244 g/mol. The van der Waals surface area contributed by atoms with Gasteiger partial charge in [-0.2, -0.15) is 0 Å². The quantitative estimate of drug-likeness (QED) is 0.777. The van der Waals surface area contributed by atoms with Gasteiger partial charge in [0, 0.05) is 12.6 Å². The molecule has 0 N–H and O–H groups in total. The van der Waals surface area contributed by atoms with Gasteiger partial charge in [-0.3, -0.25) is 4.90 Å². The number of nitrogens with zero attached hydrogens (tertiary/aromatic N) is 2. The highest BCUT2D eigenvalue weighted by Crippen LogP contribution is 2.45. The van der Waals surface area contributed by atoms with E-state index in [2.05, 4.69) is 18.7 Å². The zero-order valence-electron chi connectivity index (χ0n) is 12.1. The Morgan fingerprint density at radius 1 is 1.47 bits per heavy atom. The Kier molecular flexibility index (Phi) is 3.21. The molecule has 5 nitrogen and oxygen atoms in total. The molecule has 0 aromatic rings. The smallest absolute Gasteiger partial charge is 0.409 e. The van der Waals surface area contributed by atoms with Gasteiger partial charge in [0.2, 0.25) is 0 Å². The molecule has 0 aliphatic carbocycles. The molecule has 0 radical (unpaired) electrons. The minimum Gasteiger partial charge on any atom is -0.448 e. The number of hydrogen-bond acceptors (Lipinski definition) is 4. The molecule has 5 heteroatoms. The first-order valence-corrected chi connectivity index (χ1v) is 7.31. The molecule has 0 spiro atoms. The van der Waals surface area contributed by atoms with E-state index in [0.717, 1.165) is 19.6 Å². The molecule has 3 aliphatic rings. The van der Waals surface area contributed by atoms with E-state index in [1.54, 1.807) is 4.90 Å². The second kappa shape index (κ2) is 4.63. The van der Waals surface area contributed by atoms with Gasteiger partial charge in [-0.15, -0.1) is 0 Å². The van der Waals surface area contributed by atoms with Crippen LogP contribution in [0.1, 0.15) is 33.1 Å². The van der Waals surface area contributed by atoms with E-state index in [4.69, 9.17) is 9.47 Å². The molecule has 19 heavy (non-hydrogen) atoms. The summed E-state index contributed by atoms with van der Waals surface area (Å²) in [6.07, 6.45) is 3.50. The topological polar surface area (TPSA) is 42.0 Å². The van der Waals surface area contributed by atoms with Gasteiger partial charge in [0.25, 0.3) is 0 Å². The number of amides is 1. The van der Waals surface area contributed by atoms with Crippen molar-refractivity contribution in [2.45, 2.75) is 56.8 Å². The maximum Gasteiger partial charge on any atom is 0.409 e. The maximum atomic E-state index is 11.7. The monoisotopic (exact) mass is 268 g/mol. The largest absolute Gasteiger partial charge is 0.448 e. The molecule has 0 saturated carbocycles. The number of carbonyl (C=O) groups is 1. The number of carbonyl (C=O) groups excluding carboxylic acids is 1. The van der Waals surface area contributed by atoms with E-state index in [1.165, 1.54) is 12.8 Å². The summed E-state index contributed by atoms with van der Waals surface area (Å²) < 4.78 is 11.2. The van der Waals surface area contributed by atoms with Crippen LogP contribution < -0.4 is 0 Å². The van der Waals surface area contributed by atoms with Gasteiger partial charge in [-0.05, 0) is 39.7 Å². The molecule has 0 bridgehead atoms. The van der Waals surface area contributed by atoms with E-state index >= 15 is 0 Å². The lowest BCUT2D eigenvalue weighted by molar-refractivity contribution is -0.0185. The van der Waals surface area contributed by atoms with Crippen molar-refractivity contribution in [3.63, 3.8) is 0 Å². The predicted octanol–water partition coefficient (Wildman–Crippen LogP) is 1.47. The lowest BCUT2D eigenvalue weighted by atomic mass is 9.92. The second-order valence-electron chi connectivity index (χ2n) is 6.41. The van der Waals surface area contributed by atoms with E-state index in [0.29, 0.717) is 12.6 Å². The highest BCUT2D eigenvalue weighted by Gasteiger charge is 2.57. The molecule has 3 fully saturated rings. The first-order chi connectivity index (χ1) is 9.03. The summed E-state index contributed by atoms with van der Waals surface area (Å²) in [6.45, 7) is 6.58. The standard InChI is InChI=1S/C14H24N2O3/c1-10(2)19-9-14-5-4-6-16(14)12-8-18-13(17)15(3)11(12)7-14/h10-12H,4-9H2,1-3H3. The predicted molar refractivity (Wildman–Crippen MR) is 71.1 cm³/mol. The third-order valence-electron chi connectivity index (χ3n) is 4.93. The lowest BCUT2D eigenvalue weighted by Gasteiger charge is -2.37. The van der Waals surface area contributed by atoms with Crippen molar-refractivity contribution < 1.29 is 14.3 Å². The van der Waals surface area contributed by atoms with Crippen LogP contribution in [0, 0.1) is 0 Å². The van der Waals surface area contributed by atoms with E-state index < -0.39 is 0 Å². The molecular formula is C14H24N2O3. The Morgan fingerprint density at radius 2 is 2.26 bits per heavy atom. The Labute approximate surface area is 114 Å². The van der Waals surface area contributed by atoms with Crippen LogP contribution in [0.5, 0.6) is 0 Å². The third-order valence-corrected chi connectivity index (χ3v) is 4.93. The van der Waals surface area contributed by atoms with E-state index in [9.17, 15) is 4.79 Å². The molecule has 108 valence electrons. The van der Waals surface area contributed by atoms with Crippen LogP contribution in [-0.2, 0) is 9.47 Å². The van der Waals surface area contributed by atoms with Crippen molar-refractivity contribution in [1.82, 2.24) is 9.80 Å². The lowest BCUT2D eigenvalue weighted by Crippen LogP contribution is -2.54. The molecule has 3 aliphatic heterocycles. The van der Waals surface area contributed by atoms with Crippen LogP contribution in [0.15, 0.2) is 0 Å². The first-order valence-electron chi connectivity index (χ1n) is 7.31. The summed E-state index contributed by atoms with van der Waals surface area (Å²) in [6, 6.07) is 0.637. The highest BCUT2D eigenvalue weighted by molar-refractivity contribution is 5.69. The fourth-order valence-electron chi connectivity index (χ4n) is 3.95. The molecule has 3 atom stereocenters. The van der Waals surface area contributed by atoms with Gasteiger partial charge in [0.15, 0.2) is 0 Å². The summed E-state index contributed by atoms with van der Waals surface area (Å²) in [5.74, 6) is 0. The van der Waals surface area contributed by atoms with Crippen molar-refractivity contribution >= 4 is 6.09 Å². The number of hydrogen-bond donors (Lipinski definition) is 0. The summed E-state index contributed by atoms with van der Waals surface area (Å²) in [4.78, 5) is 16.0. The SMILES string of the molecule is CC(C)OCC12CCCN1C1COC(=O)N(C)C1C2. The number of fused-ring (bicyclic) bond motifs is 3. The van der Waals surface area contributed by atoms with E-state index in [-0.39, 0.29) is 23.8 Å². The van der Waals surface area contributed by atoms with Crippen LogP contribution in [0.3, 0.4) is 0 Å².